The molecule has 0 radical (unpaired) electrons. The van der Waals surface area contributed by atoms with Gasteiger partial charge in [0.1, 0.15) is 41.3 Å². The number of nitrogens with one attached hydrogen (secondary N) is 2. The summed E-state index contributed by atoms with van der Waals surface area (Å²) in [5, 5.41) is 12.8. The molecule has 1 saturated heterocycles. The lowest BCUT2D eigenvalue weighted by Gasteiger charge is -2.40. The molecule has 14 nitrogen and oxygen atoms in total. The van der Waals surface area contributed by atoms with Gasteiger partial charge in [-0.1, -0.05) is 26.0 Å². The van der Waals surface area contributed by atoms with Crippen LogP contribution in [-0.2, 0) is 24.4 Å². The number of benzene rings is 1. The van der Waals surface area contributed by atoms with Crippen molar-refractivity contribution in [3.8, 4) is 11.6 Å². The van der Waals surface area contributed by atoms with E-state index in [1.54, 1.807) is 18.2 Å². The first-order chi connectivity index (χ1) is 26.3. The van der Waals surface area contributed by atoms with Gasteiger partial charge in [-0.2, -0.15) is 13.2 Å². The van der Waals surface area contributed by atoms with Crippen LogP contribution in [0.5, 0.6) is 11.6 Å². The van der Waals surface area contributed by atoms with E-state index in [1.165, 1.54) is 20.2 Å². The van der Waals surface area contributed by atoms with Crippen molar-refractivity contribution in [3.63, 3.8) is 0 Å². The first kappa shape index (κ1) is 41.0. The maximum Gasteiger partial charge on any atom is 0.408 e. The number of fused-ring (bicyclic) bond motifs is 3. The van der Waals surface area contributed by atoms with Crippen LogP contribution in [0.25, 0.3) is 10.8 Å². The number of ether oxygens (including phenoxy) is 2. The fourth-order valence-electron chi connectivity index (χ4n) is 7.97. The number of hydrogen-bond donors (Lipinski definition) is 3. The summed E-state index contributed by atoms with van der Waals surface area (Å²) in [4.78, 5) is 60.9. The van der Waals surface area contributed by atoms with E-state index in [9.17, 15) is 50.3 Å². The molecule has 2 aliphatic heterocycles. The van der Waals surface area contributed by atoms with Gasteiger partial charge < -0.3 is 24.8 Å². The van der Waals surface area contributed by atoms with E-state index in [2.05, 4.69) is 15.0 Å². The molecular formula is C37H45F4N5O9S. The van der Waals surface area contributed by atoms with E-state index in [4.69, 9.17) is 9.47 Å². The molecule has 2 aromatic rings. The van der Waals surface area contributed by atoms with Gasteiger partial charge in [0.2, 0.25) is 27.7 Å². The van der Waals surface area contributed by atoms with Crippen LogP contribution in [-0.4, -0.2) is 107 Å². The molecule has 1 aromatic carbocycles. The van der Waals surface area contributed by atoms with Crippen molar-refractivity contribution < 1.29 is 59.7 Å². The fraction of sp³-hybridized carbons (Fsp3) is 0.595. The number of rotatable bonds is 8. The lowest BCUT2D eigenvalue weighted by atomic mass is 9.86. The minimum atomic E-state index is -5.06. The maximum atomic E-state index is 14.8. The number of carbonyl (C=O) groups is 4. The summed E-state index contributed by atoms with van der Waals surface area (Å²) in [5.74, 6) is -5.41. The summed E-state index contributed by atoms with van der Waals surface area (Å²) in [7, 11) is -2.70. The number of sulfonamides is 1. The fourth-order valence-corrected chi connectivity index (χ4v) is 9.33. The Hall–Kier alpha value is -4.68. The highest BCUT2D eigenvalue weighted by Crippen LogP contribution is 2.46. The van der Waals surface area contributed by atoms with E-state index in [0.717, 1.165) is 17.0 Å². The van der Waals surface area contributed by atoms with Crippen molar-refractivity contribution in [2.24, 2.45) is 17.8 Å². The minimum Gasteiger partial charge on any atom is -0.496 e. The average molecular weight is 812 g/mol. The molecule has 8 atom stereocenters. The number of halogens is 4. The van der Waals surface area contributed by atoms with Gasteiger partial charge >= 0.3 is 12.3 Å². The quantitative estimate of drug-likeness (QED) is 0.253. The van der Waals surface area contributed by atoms with Gasteiger partial charge in [0.15, 0.2) is 0 Å². The first-order valence-corrected chi connectivity index (χ1v) is 20.0. The lowest BCUT2D eigenvalue weighted by molar-refractivity contribution is -0.184. The van der Waals surface area contributed by atoms with Gasteiger partial charge in [0, 0.05) is 30.0 Å². The number of carboxylic acid groups (broad SMARTS) is 1. The Morgan fingerprint density at radius 2 is 1.86 bits per heavy atom. The molecule has 0 unspecified atom stereocenters. The number of amides is 4. The first-order valence-electron chi connectivity index (χ1n) is 18.5. The van der Waals surface area contributed by atoms with Gasteiger partial charge in [0.05, 0.1) is 24.3 Å². The molecule has 1 aromatic heterocycles. The molecule has 0 spiro atoms. The van der Waals surface area contributed by atoms with Crippen molar-refractivity contribution in [2.45, 2.75) is 107 Å². The molecule has 2 saturated carbocycles. The molecule has 56 heavy (non-hydrogen) atoms. The number of carbonyl (C=O) groups excluding carboxylic acids is 3. The summed E-state index contributed by atoms with van der Waals surface area (Å²) in [6.07, 6.45) is -1.75. The van der Waals surface area contributed by atoms with Gasteiger partial charge in [-0.3, -0.25) is 24.0 Å². The Morgan fingerprint density at radius 3 is 2.50 bits per heavy atom. The Bertz CT molecular complexity index is 2030. The molecule has 19 heteroatoms. The topological polar surface area (TPSA) is 185 Å². The Kier molecular flexibility index (Phi) is 11.2. The zero-order valence-electron chi connectivity index (χ0n) is 31.2. The number of hydrogen-bond acceptors (Lipinski definition) is 9. The molecule has 2 aliphatic carbocycles. The van der Waals surface area contributed by atoms with Crippen LogP contribution in [0.4, 0.5) is 22.4 Å². The van der Waals surface area contributed by atoms with Crippen LogP contribution < -0.4 is 19.5 Å². The van der Waals surface area contributed by atoms with Gasteiger partial charge in [-0.15, -0.1) is 0 Å². The van der Waals surface area contributed by atoms with Crippen LogP contribution >= 0.6 is 0 Å². The summed E-state index contributed by atoms with van der Waals surface area (Å²) < 4.78 is 96.7. The molecule has 4 aliphatic rings. The largest absolute Gasteiger partial charge is 0.496 e. The standard InChI is InChI=1S/C37H45F4N5O9S/c1-19-7-5-6-8-22-17-36(22,34(49)44-56(52,53)25-9-10-25)43-31(47)28-16-24(55-32-27-14-23(38)15-29(54-4)26(27)11-12-42-32)18-45(28)33(48)30(20(2)13-19)46(35(50)51)21(3)37(39,40)41/h6,8,11-12,14-15,19-22,24-25,28,30H,5,7,9-10,13,16-18H2,1-4H3,(H,43,47)(H,44,49)(H,50,51)/t19-,20-,21-,22-,24-,28+,30+,36-/m1/s1. The maximum absolute atomic E-state index is 14.8. The zero-order chi connectivity index (χ0) is 40.9. The second-order valence-electron chi connectivity index (χ2n) is 15.4. The molecule has 3 N–H and O–H groups in total. The predicted octanol–water partition coefficient (Wildman–Crippen LogP) is 4.53. The molecule has 306 valence electrons. The van der Waals surface area contributed by atoms with Gasteiger partial charge in [-0.25, -0.2) is 22.6 Å². The smallest absolute Gasteiger partial charge is 0.408 e. The lowest BCUT2D eigenvalue weighted by Crippen LogP contribution is -2.62. The zero-order valence-corrected chi connectivity index (χ0v) is 32.0. The van der Waals surface area contributed by atoms with E-state index >= 15 is 0 Å². The van der Waals surface area contributed by atoms with E-state index in [-0.39, 0.29) is 47.1 Å². The third-order valence-electron chi connectivity index (χ3n) is 11.3. The summed E-state index contributed by atoms with van der Waals surface area (Å²) >= 11 is 0. The average Bonchev–Trinajstić information content (AvgIpc) is 4.04. The Morgan fingerprint density at radius 1 is 1.14 bits per heavy atom. The van der Waals surface area contributed by atoms with E-state index < -0.39 is 99.2 Å². The normalized spacial score (nSPS) is 29.2. The highest BCUT2D eigenvalue weighted by atomic mass is 32.2. The molecule has 0 bridgehead atoms. The van der Waals surface area contributed by atoms with Gasteiger partial charge in [-0.05, 0) is 69.4 Å². The summed E-state index contributed by atoms with van der Waals surface area (Å²) in [6.45, 7) is 3.51. The summed E-state index contributed by atoms with van der Waals surface area (Å²) in [6, 6.07) is -2.20. The predicted molar refractivity (Wildman–Crippen MR) is 192 cm³/mol. The number of methoxy groups -OCH3 is 1. The van der Waals surface area contributed by atoms with Crippen LogP contribution in [0.2, 0.25) is 0 Å². The second-order valence-corrected chi connectivity index (χ2v) is 17.4. The van der Waals surface area contributed by atoms with Crippen molar-refractivity contribution in [3.05, 3.63) is 42.4 Å². The Balaban J connectivity index is 1.41. The molecule has 3 heterocycles. The molecule has 4 amide bonds. The highest BCUT2D eigenvalue weighted by Gasteiger charge is 2.62. The third kappa shape index (κ3) is 8.23. The highest BCUT2D eigenvalue weighted by molar-refractivity contribution is 7.91. The number of aromatic nitrogens is 1. The summed E-state index contributed by atoms with van der Waals surface area (Å²) in [5.41, 5.74) is -1.73. The minimum absolute atomic E-state index is 0.0281. The SMILES string of the molecule is COc1cc(F)cc2c(O[C@@H]3C[C@H]4C(=O)N[C@]5(C(=O)NS(=O)(=O)C6CC6)C[C@H]5C=CCC[C@@H](C)C[C@@H](C)[C@H](N(C(=O)O)[C@H](C)C(F)(F)F)C(=O)N4C3)nccc12. The van der Waals surface area contributed by atoms with Crippen molar-refractivity contribution in [1.29, 1.82) is 0 Å². The Labute approximate surface area is 321 Å². The van der Waals surface area contributed by atoms with E-state index in [1.807, 2.05) is 6.92 Å². The van der Waals surface area contributed by atoms with Crippen LogP contribution in [0.3, 0.4) is 0 Å². The molecule has 6 rings (SSSR count). The number of allylic oxidation sites excluding steroid dienone is 1. The van der Waals surface area contributed by atoms with Crippen LogP contribution in [0.1, 0.15) is 65.7 Å². The van der Waals surface area contributed by atoms with Crippen LogP contribution in [0, 0.1) is 23.6 Å². The van der Waals surface area contributed by atoms with Crippen LogP contribution in [0.15, 0.2) is 36.5 Å². The van der Waals surface area contributed by atoms with Crippen molar-refractivity contribution in [1.82, 2.24) is 24.8 Å². The number of alkyl halides is 3. The van der Waals surface area contributed by atoms with Crippen molar-refractivity contribution >= 4 is 44.6 Å². The molecular weight excluding hydrogens is 766 g/mol. The molecule has 3 fully saturated rings. The van der Waals surface area contributed by atoms with E-state index in [0.29, 0.717) is 38.0 Å². The second kappa shape index (κ2) is 15.3. The number of nitrogens with zero attached hydrogens (tertiary/aromatic N) is 3. The third-order valence-corrected chi connectivity index (χ3v) is 13.1. The monoisotopic (exact) mass is 811 g/mol. The number of pyridine rings is 1. The van der Waals surface area contributed by atoms with Crippen molar-refractivity contribution in [2.75, 3.05) is 13.7 Å². The van der Waals surface area contributed by atoms with Gasteiger partial charge in [0.25, 0.3) is 5.91 Å².